The van der Waals surface area contributed by atoms with Gasteiger partial charge in [-0.3, -0.25) is 9.63 Å². The maximum atomic E-state index is 12.0. The van der Waals surface area contributed by atoms with Crippen LogP contribution in [0.3, 0.4) is 0 Å². The molecule has 0 saturated carbocycles. The Morgan fingerprint density at radius 1 is 1.56 bits per heavy atom. The van der Waals surface area contributed by atoms with Crippen molar-refractivity contribution in [3.05, 3.63) is 0 Å². The highest BCUT2D eigenvalue weighted by Crippen LogP contribution is 2.28. The van der Waals surface area contributed by atoms with Gasteiger partial charge in [-0.25, -0.2) is 9.86 Å². The van der Waals surface area contributed by atoms with Gasteiger partial charge in [0.25, 0.3) is 5.91 Å². The molecule has 0 aromatic carbocycles. The minimum atomic E-state index is -1.18. The molecule has 0 spiro atoms. The molecule has 6 nitrogen and oxygen atoms in total. The molecule has 1 aliphatic heterocycles. The monoisotopic (exact) mass is 248 g/mol. The number of carboxylic acid groups (broad SMARTS) is 1. The molecule has 1 unspecified atom stereocenters. The summed E-state index contributed by atoms with van der Waals surface area (Å²) >= 11 is 1.57. The SMILES string of the molecule is CON(C)C(=O)C1(NC(=O)O)CCCSC1. The van der Waals surface area contributed by atoms with Crippen LogP contribution in [0.2, 0.25) is 0 Å². The predicted molar refractivity (Wildman–Crippen MR) is 60.2 cm³/mol. The molecule has 2 amide bonds. The molecule has 0 aliphatic carbocycles. The second-order valence-corrected chi connectivity index (χ2v) is 4.76. The van der Waals surface area contributed by atoms with Crippen LogP contribution in [0.15, 0.2) is 0 Å². The van der Waals surface area contributed by atoms with Crippen molar-refractivity contribution in [1.82, 2.24) is 10.4 Å². The molecular weight excluding hydrogens is 232 g/mol. The number of nitrogens with zero attached hydrogens (tertiary/aromatic N) is 1. The lowest BCUT2D eigenvalue weighted by molar-refractivity contribution is -0.175. The van der Waals surface area contributed by atoms with Crippen LogP contribution in [0.1, 0.15) is 12.8 Å². The third-order valence-corrected chi connectivity index (χ3v) is 3.83. The molecule has 92 valence electrons. The normalized spacial score (nSPS) is 24.9. The van der Waals surface area contributed by atoms with Crippen molar-refractivity contribution in [3.63, 3.8) is 0 Å². The molecule has 16 heavy (non-hydrogen) atoms. The van der Waals surface area contributed by atoms with Gasteiger partial charge in [0.05, 0.1) is 7.11 Å². The van der Waals surface area contributed by atoms with E-state index in [1.165, 1.54) is 14.2 Å². The van der Waals surface area contributed by atoms with Gasteiger partial charge < -0.3 is 10.4 Å². The van der Waals surface area contributed by atoms with E-state index >= 15 is 0 Å². The Labute approximate surface area is 98.3 Å². The minimum Gasteiger partial charge on any atom is -0.465 e. The van der Waals surface area contributed by atoms with Crippen LogP contribution in [-0.4, -0.2) is 53.4 Å². The van der Waals surface area contributed by atoms with Crippen molar-refractivity contribution in [2.24, 2.45) is 0 Å². The van der Waals surface area contributed by atoms with E-state index < -0.39 is 11.6 Å². The molecule has 0 aromatic rings. The Kier molecular flexibility index (Phi) is 4.43. The lowest BCUT2D eigenvalue weighted by Gasteiger charge is -2.37. The number of hydroxylamine groups is 2. The molecule has 0 radical (unpaired) electrons. The summed E-state index contributed by atoms with van der Waals surface area (Å²) in [6, 6.07) is 0. The number of hydrogen-bond donors (Lipinski definition) is 2. The standard InChI is InChI=1S/C9H16N2O4S/c1-11(15-2)7(12)9(10-8(13)14)4-3-5-16-6-9/h10H,3-6H2,1-2H3,(H,13,14). The van der Waals surface area contributed by atoms with Gasteiger partial charge in [-0.15, -0.1) is 0 Å². The molecule has 0 aromatic heterocycles. The van der Waals surface area contributed by atoms with Crippen molar-refractivity contribution >= 4 is 23.8 Å². The molecule has 1 fully saturated rings. The Morgan fingerprint density at radius 2 is 2.25 bits per heavy atom. The topological polar surface area (TPSA) is 78.9 Å². The summed E-state index contributed by atoms with van der Waals surface area (Å²) in [6.07, 6.45) is 0.146. The Bertz CT molecular complexity index is 279. The van der Waals surface area contributed by atoms with E-state index in [2.05, 4.69) is 5.32 Å². The summed E-state index contributed by atoms with van der Waals surface area (Å²) < 4.78 is 0. The van der Waals surface area contributed by atoms with E-state index in [4.69, 9.17) is 9.94 Å². The second kappa shape index (κ2) is 5.40. The average molecular weight is 248 g/mol. The second-order valence-electron chi connectivity index (χ2n) is 3.65. The van der Waals surface area contributed by atoms with E-state index in [9.17, 15) is 9.59 Å². The molecule has 1 atom stereocenters. The zero-order valence-corrected chi connectivity index (χ0v) is 10.2. The molecule has 1 rings (SSSR count). The van der Waals surface area contributed by atoms with Crippen molar-refractivity contribution < 1.29 is 19.5 Å². The summed E-state index contributed by atoms with van der Waals surface area (Å²) in [6.45, 7) is 0. The van der Waals surface area contributed by atoms with Crippen LogP contribution >= 0.6 is 11.8 Å². The van der Waals surface area contributed by atoms with Crippen LogP contribution in [0.25, 0.3) is 0 Å². The molecule has 0 bridgehead atoms. The molecule has 7 heteroatoms. The first-order valence-electron chi connectivity index (χ1n) is 4.93. The van der Waals surface area contributed by atoms with Gasteiger partial charge in [0.2, 0.25) is 0 Å². The van der Waals surface area contributed by atoms with Crippen molar-refractivity contribution in [2.75, 3.05) is 25.7 Å². The van der Waals surface area contributed by atoms with Gasteiger partial charge in [-0.1, -0.05) is 0 Å². The minimum absolute atomic E-state index is 0.343. The van der Waals surface area contributed by atoms with Crippen molar-refractivity contribution in [3.8, 4) is 0 Å². The van der Waals surface area contributed by atoms with Crippen LogP contribution in [-0.2, 0) is 9.63 Å². The number of rotatable bonds is 3. The number of nitrogens with one attached hydrogen (secondary N) is 1. The first-order valence-corrected chi connectivity index (χ1v) is 6.08. The first kappa shape index (κ1) is 13.1. The molecule has 1 heterocycles. The lowest BCUT2D eigenvalue weighted by Crippen LogP contribution is -2.61. The third-order valence-electron chi connectivity index (χ3n) is 2.56. The van der Waals surface area contributed by atoms with Crippen molar-refractivity contribution in [1.29, 1.82) is 0 Å². The first-order chi connectivity index (χ1) is 7.52. The molecular formula is C9H16N2O4S. The number of likely N-dealkylation sites (N-methyl/N-ethyl adjacent to an activating group) is 1. The lowest BCUT2D eigenvalue weighted by atomic mass is 9.94. The summed E-state index contributed by atoms with van der Waals surface area (Å²) in [5.74, 6) is 1.06. The zero-order chi connectivity index (χ0) is 12.2. The number of thioether (sulfide) groups is 1. The summed E-state index contributed by atoms with van der Waals surface area (Å²) in [5, 5.41) is 12.2. The van der Waals surface area contributed by atoms with Gasteiger partial charge in [-0.2, -0.15) is 11.8 Å². The predicted octanol–water partition coefficient (Wildman–Crippen LogP) is 0.540. The Hall–Kier alpha value is -0.950. The van der Waals surface area contributed by atoms with E-state index in [0.29, 0.717) is 12.2 Å². The molecule has 1 saturated heterocycles. The van der Waals surface area contributed by atoms with Gasteiger partial charge in [0.1, 0.15) is 5.54 Å². The maximum Gasteiger partial charge on any atom is 0.405 e. The van der Waals surface area contributed by atoms with Crippen LogP contribution in [0.5, 0.6) is 0 Å². The quantitative estimate of drug-likeness (QED) is 0.713. The zero-order valence-electron chi connectivity index (χ0n) is 9.36. The largest absolute Gasteiger partial charge is 0.465 e. The average Bonchev–Trinajstić information content (AvgIpc) is 2.27. The third kappa shape index (κ3) is 2.79. The fraction of sp³-hybridized carbons (Fsp3) is 0.778. The maximum absolute atomic E-state index is 12.0. The van der Waals surface area contributed by atoms with E-state index in [1.54, 1.807) is 11.8 Å². The smallest absolute Gasteiger partial charge is 0.405 e. The van der Waals surface area contributed by atoms with Crippen LogP contribution in [0.4, 0.5) is 4.79 Å². The summed E-state index contributed by atoms with van der Waals surface area (Å²) in [4.78, 5) is 27.6. The van der Waals surface area contributed by atoms with Gasteiger partial charge in [-0.05, 0) is 18.6 Å². The highest BCUT2D eigenvalue weighted by atomic mass is 32.2. The fourth-order valence-corrected chi connectivity index (χ4v) is 2.89. The molecule has 1 aliphatic rings. The van der Waals surface area contributed by atoms with Crippen LogP contribution in [0, 0.1) is 0 Å². The van der Waals surface area contributed by atoms with Gasteiger partial charge in [0, 0.05) is 12.8 Å². The number of hydrogen-bond acceptors (Lipinski definition) is 4. The Balaban J connectivity index is 2.84. The fourth-order valence-electron chi connectivity index (χ4n) is 1.70. The van der Waals surface area contributed by atoms with Crippen molar-refractivity contribution in [2.45, 2.75) is 18.4 Å². The summed E-state index contributed by atoms with van der Waals surface area (Å²) in [5.41, 5.74) is -1.04. The number of amides is 2. The molecule has 2 N–H and O–H groups in total. The van der Waals surface area contributed by atoms with E-state index in [0.717, 1.165) is 17.2 Å². The Morgan fingerprint density at radius 3 is 2.69 bits per heavy atom. The number of carbonyl (C=O) groups is 2. The number of carbonyl (C=O) groups excluding carboxylic acids is 1. The van der Waals surface area contributed by atoms with Gasteiger partial charge in [0.15, 0.2) is 0 Å². The van der Waals surface area contributed by atoms with E-state index in [-0.39, 0.29) is 5.91 Å². The van der Waals surface area contributed by atoms with E-state index in [1.807, 2.05) is 0 Å². The summed E-state index contributed by atoms with van der Waals surface area (Å²) in [7, 11) is 2.86. The highest BCUT2D eigenvalue weighted by molar-refractivity contribution is 7.99. The highest BCUT2D eigenvalue weighted by Gasteiger charge is 2.43. The van der Waals surface area contributed by atoms with Crippen LogP contribution < -0.4 is 5.32 Å². The van der Waals surface area contributed by atoms with Gasteiger partial charge >= 0.3 is 6.09 Å².